The van der Waals surface area contributed by atoms with Crippen LogP contribution in [0.4, 0.5) is 0 Å². The fourth-order valence-electron chi connectivity index (χ4n) is 1.83. The van der Waals surface area contributed by atoms with Crippen molar-refractivity contribution >= 4 is 0 Å². The third kappa shape index (κ3) is 3.55. The van der Waals surface area contributed by atoms with E-state index in [0.717, 1.165) is 5.92 Å². The van der Waals surface area contributed by atoms with Crippen LogP contribution in [0.5, 0.6) is 0 Å². The lowest BCUT2D eigenvalue weighted by Gasteiger charge is -2.19. The largest absolute Gasteiger partial charge is 0.316 e. The predicted octanol–water partition coefficient (Wildman–Crippen LogP) is 1.33. The summed E-state index contributed by atoms with van der Waals surface area (Å²) in [5.74, 6) is 0.909. The normalized spacial score (nSPS) is 23.8. The molecule has 12 heavy (non-hydrogen) atoms. The molecule has 1 fully saturated rings. The first-order chi connectivity index (χ1) is 5.83. The lowest BCUT2D eigenvalue weighted by atomic mass is 10.1. The zero-order valence-electron chi connectivity index (χ0n) is 8.47. The van der Waals surface area contributed by atoms with Crippen LogP contribution in [0.25, 0.3) is 0 Å². The quantitative estimate of drug-likeness (QED) is 0.669. The Morgan fingerprint density at radius 2 is 2.33 bits per heavy atom. The van der Waals surface area contributed by atoms with Gasteiger partial charge in [-0.1, -0.05) is 13.3 Å². The van der Waals surface area contributed by atoms with E-state index in [1.54, 1.807) is 0 Å². The molecular formula is C10H22N2. The molecule has 0 spiro atoms. The highest BCUT2D eigenvalue weighted by Gasteiger charge is 2.15. The number of rotatable bonds is 5. The Morgan fingerprint density at radius 3 is 2.92 bits per heavy atom. The van der Waals surface area contributed by atoms with E-state index in [9.17, 15) is 0 Å². The van der Waals surface area contributed by atoms with Crippen LogP contribution in [0.15, 0.2) is 0 Å². The predicted molar refractivity (Wildman–Crippen MR) is 53.4 cm³/mol. The third-order valence-electron chi connectivity index (χ3n) is 2.63. The molecule has 72 valence electrons. The number of nitrogens with one attached hydrogen (secondary N) is 1. The van der Waals surface area contributed by atoms with Crippen LogP contribution in [0.2, 0.25) is 0 Å². The standard InChI is InChI=1S/C10H22N2/c1-3-4-7-12(2)9-10-5-6-11-8-10/h10-11H,3-9H2,1-2H3. The van der Waals surface area contributed by atoms with Crippen LogP contribution in [-0.4, -0.2) is 38.1 Å². The van der Waals surface area contributed by atoms with E-state index < -0.39 is 0 Å². The molecule has 0 aromatic rings. The summed E-state index contributed by atoms with van der Waals surface area (Å²) in [5.41, 5.74) is 0. The topological polar surface area (TPSA) is 15.3 Å². The zero-order chi connectivity index (χ0) is 8.81. The molecular weight excluding hydrogens is 148 g/mol. The van der Waals surface area contributed by atoms with Gasteiger partial charge in [-0.2, -0.15) is 0 Å². The molecule has 1 N–H and O–H groups in total. The Labute approximate surface area is 76.3 Å². The molecule has 2 heteroatoms. The first kappa shape index (κ1) is 10.0. The summed E-state index contributed by atoms with van der Waals surface area (Å²) < 4.78 is 0. The Bertz CT molecular complexity index is 108. The Balaban J connectivity index is 2.03. The van der Waals surface area contributed by atoms with Gasteiger partial charge in [-0.3, -0.25) is 0 Å². The molecule has 1 aliphatic heterocycles. The summed E-state index contributed by atoms with van der Waals surface area (Å²) in [4.78, 5) is 2.47. The van der Waals surface area contributed by atoms with Crippen LogP contribution < -0.4 is 5.32 Å². The highest BCUT2D eigenvalue weighted by atomic mass is 15.1. The van der Waals surface area contributed by atoms with Gasteiger partial charge in [-0.15, -0.1) is 0 Å². The number of nitrogens with zero attached hydrogens (tertiary/aromatic N) is 1. The van der Waals surface area contributed by atoms with Gasteiger partial charge in [0, 0.05) is 6.54 Å². The Hall–Kier alpha value is -0.0800. The minimum Gasteiger partial charge on any atom is -0.316 e. The molecule has 0 radical (unpaired) electrons. The smallest absolute Gasteiger partial charge is 0.00192 e. The van der Waals surface area contributed by atoms with E-state index in [1.807, 2.05) is 0 Å². The lowest BCUT2D eigenvalue weighted by Crippen LogP contribution is -2.27. The fourth-order valence-corrected chi connectivity index (χ4v) is 1.83. The highest BCUT2D eigenvalue weighted by Crippen LogP contribution is 2.08. The van der Waals surface area contributed by atoms with E-state index in [-0.39, 0.29) is 0 Å². The molecule has 0 aliphatic carbocycles. The summed E-state index contributed by atoms with van der Waals surface area (Å²) in [5, 5.41) is 3.41. The third-order valence-corrected chi connectivity index (χ3v) is 2.63. The van der Waals surface area contributed by atoms with Gasteiger partial charge in [0.05, 0.1) is 0 Å². The van der Waals surface area contributed by atoms with E-state index in [1.165, 1.54) is 45.4 Å². The van der Waals surface area contributed by atoms with E-state index in [4.69, 9.17) is 0 Å². The van der Waals surface area contributed by atoms with E-state index in [0.29, 0.717) is 0 Å². The summed E-state index contributed by atoms with van der Waals surface area (Å²) in [6.45, 7) is 7.27. The van der Waals surface area contributed by atoms with Crippen molar-refractivity contribution in [2.45, 2.75) is 26.2 Å². The van der Waals surface area contributed by atoms with Crippen LogP contribution in [0.3, 0.4) is 0 Å². The average Bonchev–Trinajstić information content (AvgIpc) is 2.53. The monoisotopic (exact) mass is 170 g/mol. The van der Waals surface area contributed by atoms with Crippen molar-refractivity contribution in [3.63, 3.8) is 0 Å². The summed E-state index contributed by atoms with van der Waals surface area (Å²) >= 11 is 0. The first-order valence-electron chi connectivity index (χ1n) is 5.22. The SMILES string of the molecule is CCCCN(C)CC1CCNC1. The Morgan fingerprint density at radius 1 is 1.50 bits per heavy atom. The van der Waals surface area contributed by atoms with Gasteiger partial charge in [0.1, 0.15) is 0 Å². The summed E-state index contributed by atoms with van der Waals surface area (Å²) in [6.07, 6.45) is 4.03. The van der Waals surface area contributed by atoms with E-state index >= 15 is 0 Å². The van der Waals surface area contributed by atoms with Gasteiger partial charge >= 0.3 is 0 Å². The second-order valence-electron chi connectivity index (χ2n) is 3.97. The van der Waals surface area contributed by atoms with Crippen molar-refractivity contribution in [2.24, 2.45) is 5.92 Å². The fraction of sp³-hybridized carbons (Fsp3) is 1.00. The number of hydrogen-bond donors (Lipinski definition) is 1. The van der Waals surface area contributed by atoms with Crippen LogP contribution >= 0.6 is 0 Å². The molecule has 2 nitrogen and oxygen atoms in total. The zero-order valence-corrected chi connectivity index (χ0v) is 8.47. The first-order valence-corrected chi connectivity index (χ1v) is 5.22. The van der Waals surface area contributed by atoms with Crippen molar-refractivity contribution in [3.05, 3.63) is 0 Å². The number of hydrogen-bond acceptors (Lipinski definition) is 2. The molecule has 0 amide bonds. The van der Waals surface area contributed by atoms with Gasteiger partial charge in [-0.25, -0.2) is 0 Å². The van der Waals surface area contributed by atoms with Crippen molar-refractivity contribution in [1.82, 2.24) is 10.2 Å². The molecule has 1 aliphatic rings. The minimum absolute atomic E-state index is 0.909. The molecule has 0 aromatic heterocycles. The molecule has 1 saturated heterocycles. The van der Waals surface area contributed by atoms with E-state index in [2.05, 4.69) is 24.2 Å². The van der Waals surface area contributed by atoms with Crippen molar-refractivity contribution in [3.8, 4) is 0 Å². The second kappa shape index (κ2) is 5.55. The van der Waals surface area contributed by atoms with Gasteiger partial charge in [0.25, 0.3) is 0 Å². The maximum atomic E-state index is 3.41. The Kier molecular flexibility index (Phi) is 4.62. The molecule has 1 rings (SSSR count). The number of unbranched alkanes of at least 4 members (excludes halogenated alkanes) is 1. The van der Waals surface area contributed by atoms with Gasteiger partial charge in [0.15, 0.2) is 0 Å². The van der Waals surface area contributed by atoms with Crippen molar-refractivity contribution < 1.29 is 0 Å². The van der Waals surface area contributed by atoms with Gasteiger partial charge in [0.2, 0.25) is 0 Å². The maximum Gasteiger partial charge on any atom is 0.00192 e. The van der Waals surface area contributed by atoms with Crippen LogP contribution in [0.1, 0.15) is 26.2 Å². The average molecular weight is 170 g/mol. The van der Waals surface area contributed by atoms with Crippen LogP contribution in [-0.2, 0) is 0 Å². The summed E-state index contributed by atoms with van der Waals surface area (Å²) in [6, 6.07) is 0. The maximum absolute atomic E-state index is 3.41. The second-order valence-corrected chi connectivity index (χ2v) is 3.97. The summed E-state index contributed by atoms with van der Waals surface area (Å²) in [7, 11) is 2.24. The molecule has 0 aromatic carbocycles. The van der Waals surface area contributed by atoms with Crippen LogP contribution in [0, 0.1) is 5.92 Å². The lowest BCUT2D eigenvalue weighted by molar-refractivity contribution is 0.281. The molecule has 0 bridgehead atoms. The van der Waals surface area contributed by atoms with Gasteiger partial charge < -0.3 is 10.2 Å². The highest BCUT2D eigenvalue weighted by molar-refractivity contribution is 4.73. The minimum atomic E-state index is 0.909. The molecule has 0 saturated carbocycles. The van der Waals surface area contributed by atoms with Gasteiger partial charge in [-0.05, 0) is 45.4 Å². The van der Waals surface area contributed by atoms with Crippen molar-refractivity contribution in [1.29, 1.82) is 0 Å². The molecule has 1 heterocycles. The molecule has 1 atom stereocenters. The molecule has 1 unspecified atom stereocenters. The van der Waals surface area contributed by atoms with Crippen molar-refractivity contribution in [2.75, 3.05) is 33.2 Å².